The minimum atomic E-state index is -0.466. The van der Waals surface area contributed by atoms with Gasteiger partial charge in [-0.15, -0.1) is 0 Å². The van der Waals surface area contributed by atoms with E-state index in [4.69, 9.17) is 9.47 Å². The zero-order chi connectivity index (χ0) is 15.1. The molecule has 1 aliphatic rings. The third kappa shape index (κ3) is 4.29. The number of amides is 1. The van der Waals surface area contributed by atoms with Gasteiger partial charge in [-0.2, -0.15) is 0 Å². The molecule has 21 heavy (non-hydrogen) atoms. The number of carbonyl (C=O) groups excluding carboxylic acids is 1. The number of methoxy groups -OCH3 is 2. The van der Waals surface area contributed by atoms with Gasteiger partial charge >= 0.3 is 0 Å². The van der Waals surface area contributed by atoms with Crippen molar-refractivity contribution in [2.24, 2.45) is 5.92 Å². The molecule has 0 saturated heterocycles. The number of hydrogen-bond donors (Lipinski definition) is 1. The van der Waals surface area contributed by atoms with Crippen molar-refractivity contribution in [2.75, 3.05) is 14.2 Å². The van der Waals surface area contributed by atoms with Gasteiger partial charge in [-0.3, -0.25) is 4.79 Å². The smallest absolute Gasteiger partial charge is 0.225 e. The molecule has 1 N–H and O–H groups in total. The second-order valence-corrected chi connectivity index (χ2v) is 5.57. The molecule has 1 aromatic rings. The Bertz CT molecular complexity index is 429. The van der Waals surface area contributed by atoms with E-state index in [9.17, 15) is 4.79 Å². The van der Waals surface area contributed by atoms with Gasteiger partial charge in [0.15, 0.2) is 6.23 Å². The molecule has 0 unspecified atom stereocenters. The normalized spacial score (nSPS) is 19.0. The summed E-state index contributed by atoms with van der Waals surface area (Å²) >= 11 is 0. The Morgan fingerprint density at radius 1 is 1.10 bits per heavy atom. The van der Waals surface area contributed by atoms with Crippen molar-refractivity contribution in [1.82, 2.24) is 5.32 Å². The van der Waals surface area contributed by atoms with E-state index in [1.807, 2.05) is 30.3 Å². The number of rotatable bonds is 6. The van der Waals surface area contributed by atoms with Crippen molar-refractivity contribution in [3.63, 3.8) is 0 Å². The largest absolute Gasteiger partial charge is 0.372 e. The van der Waals surface area contributed by atoms with Crippen molar-refractivity contribution >= 4 is 5.91 Å². The van der Waals surface area contributed by atoms with Crippen molar-refractivity contribution in [1.29, 1.82) is 0 Å². The number of ether oxygens (including phenoxy) is 2. The Morgan fingerprint density at radius 3 is 2.33 bits per heavy atom. The fourth-order valence-corrected chi connectivity index (χ4v) is 2.96. The Morgan fingerprint density at radius 2 is 1.76 bits per heavy atom. The first-order valence-electron chi connectivity index (χ1n) is 7.67. The predicted molar refractivity (Wildman–Crippen MR) is 81.7 cm³/mol. The molecule has 0 heterocycles. The summed E-state index contributed by atoms with van der Waals surface area (Å²) in [7, 11) is 3.23. The predicted octanol–water partition coefficient (Wildman–Crippen LogP) is 3.04. The summed E-state index contributed by atoms with van der Waals surface area (Å²) in [4.78, 5) is 12.4. The lowest BCUT2D eigenvalue weighted by atomic mass is 9.88. The topological polar surface area (TPSA) is 47.6 Å². The summed E-state index contributed by atoms with van der Waals surface area (Å²) in [6.45, 7) is 0. The van der Waals surface area contributed by atoms with E-state index in [-0.39, 0.29) is 17.9 Å². The molecule has 0 aliphatic heterocycles. The lowest BCUT2D eigenvalue weighted by Gasteiger charge is -2.29. The van der Waals surface area contributed by atoms with Crippen LogP contribution in [0.3, 0.4) is 0 Å². The summed E-state index contributed by atoms with van der Waals surface area (Å²) < 4.78 is 11.0. The van der Waals surface area contributed by atoms with Crippen molar-refractivity contribution in [3.05, 3.63) is 35.9 Å². The maximum absolute atomic E-state index is 12.4. The Balaban J connectivity index is 2.02. The molecule has 2 rings (SSSR count). The molecule has 1 aromatic carbocycles. The number of carbonyl (C=O) groups is 1. The molecule has 0 aromatic heterocycles. The standard InChI is InChI=1S/C17H25NO3/c1-20-15(13-9-5-3-6-10-13)17(21-2)18-16(19)14-11-7-4-8-12-14/h3,5-6,9-10,14-15,17H,4,7-8,11-12H2,1-2H3,(H,18,19)/t15-,17+/m1/s1. The van der Waals surface area contributed by atoms with Crippen LogP contribution in [0.25, 0.3) is 0 Å². The Kier molecular flexibility index (Phi) is 6.21. The fourth-order valence-electron chi connectivity index (χ4n) is 2.96. The molecular weight excluding hydrogens is 266 g/mol. The number of nitrogens with one attached hydrogen (secondary N) is 1. The van der Waals surface area contributed by atoms with Gasteiger partial charge in [0.1, 0.15) is 6.10 Å². The van der Waals surface area contributed by atoms with Crippen molar-refractivity contribution < 1.29 is 14.3 Å². The zero-order valence-corrected chi connectivity index (χ0v) is 12.9. The summed E-state index contributed by atoms with van der Waals surface area (Å²) in [6.07, 6.45) is 4.71. The third-order valence-electron chi connectivity index (χ3n) is 4.17. The van der Waals surface area contributed by atoms with Crippen LogP contribution in [0.15, 0.2) is 30.3 Å². The summed E-state index contributed by atoms with van der Waals surface area (Å²) in [5.41, 5.74) is 0.996. The lowest BCUT2D eigenvalue weighted by molar-refractivity contribution is -0.134. The highest BCUT2D eigenvalue weighted by molar-refractivity contribution is 5.78. The zero-order valence-electron chi connectivity index (χ0n) is 12.9. The Hall–Kier alpha value is -1.39. The van der Waals surface area contributed by atoms with Gasteiger partial charge in [-0.25, -0.2) is 0 Å². The molecule has 116 valence electrons. The monoisotopic (exact) mass is 291 g/mol. The molecule has 0 bridgehead atoms. The van der Waals surface area contributed by atoms with Gasteiger partial charge in [0.2, 0.25) is 5.91 Å². The molecule has 1 aliphatic carbocycles. The summed E-state index contributed by atoms with van der Waals surface area (Å²) in [5, 5.41) is 3.00. The highest BCUT2D eigenvalue weighted by Gasteiger charge is 2.28. The van der Waals surface area contributed by atoms with Gasteiger partial charge in [0, 0.05) is 20.1 Å². The lowest BCUT2D eigenvalue weighted by Crippen LogP contribution is -2.44. The fraction of sp³-hybridized carbons (Fsp3) is 0.588. The third-order valence-corrected chi connectivity index (χ3v) is 4.17. The number of hydrogen-bond acceptors (Lipinski definition) is 3. The van der Waals surface area contributed by atoms with Crippen LogP contribution in [0.5, 0.6) is 0 Å². The highest BCUT2D eigenvalue weighted by atomic mass is 16.5. The molecule has 0 spiro atoms. The van der Waals surface area contributed by atoms with Crippen LogP contribution in [0, 0.1) is 5.92 Å². The maximum Gasteiger partial charge on any atom is 0.225 e. The van der Waals surface area contributed by atoms with E-state index >= 15 is 0 Å². The minimum Gasteiger partial charge on any atom is -0.372 e. The van der Waals surface area contributed by atoms with Crippen LogP contribution in [-0.4, -0.2) is 26.4 Å². The molecule has 2 atom stereocenters. The van der Waals surface area contributed by atoms with Crippen LogP contribution >= 0.6 is 0 Å². The minimum absolute atomic E-state index is 0.0829. The first-order chi connectivity index (χ1) is 10.3. The van der Waals surface area contributed by atoms with E-state index in [0.717, 1.165) is 31.2 Å². The van der Waals surface area contributed by atoms with Crippen molar-refractivity contribution in [3.8, 4) is 0 Å². The molecule has 4 nitrogen and oxygen atoms in total. The second-order valence-electron chi connectivity index (χ2n) is 5.57. The number of benzene rings is 1. The van der Waals surface area contributed by atoms with Crippen LogP contribution in [0.1, 0.15) is 43.8 Å². The van der Waals surface area contributed by atoms with E-state index in [1.165, 1.54) is 6.42 Å². The van der Waals surface area contributed by atoms with Crippen LogP contribution < -0.4 is 5.32 Å². The first-order valence-corrected chi connectivity index (χ1v) is 7.67. The van der Waals surface area contributed by atoms with Crippen LogP contribution in [-0.2, 0) is 14.3 Å². The van der Waals surface area contributed by atoms with E-state index < -0.39 is 6.23 Å². The van der Waals surface area contributed by atoms with Gasteiger partial charge in [0.05, 0.1) is 0 Å². The van der Waals surface area contributed by atoms with Gasteiger partial charge in [0.25, 0.3) is 0 Å². The van der Waals surface area contributed by atoms with E-state index in [2.05, 4.69) is 5.32 Å². The second kappa shape index (κ2) is 8.15. The highest BCUT2D eigenvalue weighted by Crippen LogP contribution is 2.25. The molecule has 4 heteroatoms. The SMILES string of the molecule is CO[C@H](c1ccccc1)[C@@H](NC(=O)C1CCCCC1)OC. The van der Waals surface area contributed by atoms with Gasteiger partial charge < -0.3 is 14.8 Å². The average Bonchev–Trinajstić information content (AvgIpc) is 2.56. The first kappa shape index (κ1) is 16.0. The van der Waals surface area contributed by atoms with Crippen LogP contribution in [0.4, 0.5) is 0 Å². The molecular formula is C17H25NO3. The van der Waals surface area contributed by atoms with Gasteiger partial charge in [-0.05, 0) is 18.4 Å². The Labute approximate surface area is 126 Å². The molecule has 1 saturated carbocycles. The summed E-state index contributed by atoms with van der Waals surface area (Å²) in [5.74, 6) is 0.198. The molecule has 1 amide bonds. The van der Waals surface area contributed by atoms with E-state index in [1.54, 1.807) is 14.2 Å². The summed E-state index contributed by atoms with van der Waals surface area (Å²) in [6, 6.07) is 9.83. The molecule has 1 fully saturated rings. The van der Waals surface area contributed by atoms with Crippen LogP contribution in [0.2, 0.25) is 0 Å². The van der Waals surface area contributed by atoms with Crippen molar-refractivity contribution in [2.45, 2.75) is 44.4 Å². The maximum atomic E-state index is 12.4. The van der Waals surface area contributed by atoms with Gasteiger partial charge in [-0.1, -0.05) is 49.6 Å². The molecule has 0 radical (unpaired) electrons. The van der Waals surface area contributed by atoms with E-state index in [0.29, 0.717) is 0 Å². The quantitative estimate of drug-likeness (QED) is 0.820. The average molecular weight is 291 g/mol.